The zero-order valence-electron chi connectivity index (χ0n) is 19.2. The Morgan fingerprint density at radius 3 is 2.06 bits per heavy atom. The Labute approximate surface area is 196 Å². The zero-order valence-corrected chi connectivity index (χ0v) is 19.2. The van der Waals surface area contributed by atoms with E-state index in [0.29, 0.717) is 17.1 Å². The summed E-state index contributed by atoms with van der Waals surface area (Å²) >= 11 is 0. The fraction of sp³-hybridized carbons (Fsp3) is 0.200. The van der Waals surface area contributed by atoms with E-state index in [9.17, 15) is 19.7 Å². The van der Waals surface area contributed by atoms with Gasteiger partial charge in [0.25, 0.3) is 5.91 Å². The molecule has 9 nitrogen and oxygen atoms in total. The molecule has 3 rings (SSSR count). The smallest absolute Gasteiger partial charge is 0.412 e. The molecule has 3 aromatic rings. The van der Waals surface area contributed by atoms with Crippen molar-refractivity contribution in [2.75, 3.05) is 10.6 Å². The first-order chi connectivity index (χ1) is 16.0. The van der Waals surface area contributed by atoms with Gasteiger partial charge in [-0.2, -0.15) is 0 Å². The summed E-state index contributed by atoms with van der Waals surface area (Å²) in [5.74, 6) is -0.185. The number of anilines is 2. The highest BCUT2D eigenvalue weighted by atomic mass is 16.6. The summed E-state index contributed by atoms with van der Waals surface area (Å²) in [6.45, 7) is 7.20. The van der Waals surface area contributed by atoms with Crippen LogP contribution in [0.5, 0.6) is 11.5 Å². The number of hydrogen-bond donors (Lipinski definition) is 2. The lowest BCUT2D eigenvalue weighted by molar-refractivity contribution is -0.385. The lowest BCUT2D eigenvalue weighted by atomic mass is 10.1. The minimum absolute atomic E-state index is 0.0234. The van der Waals surface area contributed by atoms with Crippen molar-refractivity contribution in [1.82, 2.24) is 0 Å². The molecule has 34 heavy (non-hydrogen) atoms. The SMILES string of the molecule is Cc1ccc(NC(=O)c2ccc(Oc3ccc(NC(=O)OC(C)(C)C)cc3)c([N+](=O)[O-])c2)cc1. The predicted molar refractivity (Wildman–Crippen MR) is 129 cm³/mol. The Balaban J connectivity index is 1.72. The molecule has 2 amide bonds. The summed E-state index contributed by atoms with van der Waals surface area (Å²) in [5.41, 5.74) is 1.24. The van der Waals surface area contributed by atoms with Gasteiger partial charge in [-0.3, -0.25) is 20.2 Å². The van der Waals surface area contributed by atoms with E-state index >= 15 is 0 Å². The van der Waals surface area contributed by atoms with Crippen LogP contribution in [-0.4, -0.2) is 22.5 Å². The van der Waals surface area contributed by atoms with Crippen LogP contribution in [0.1, 0.15) is 36.7 Å². The highest BCUT2D eigenvalue weighted by Gasteiger charge is 2.20. The minimum Gasteiger partial charge on any atom is -0.450 e. The second-order valence-electron chi connectivity index (χ2n) is 8.51. The van der Waals surface area contributed by atoms with Gasteiger partial charge in [0.15, 0.2) is 0 Å². The van der Waals surface area contributed by atoms with Gasteiger partial charge in [-0.05, 0) is 76.2 Å². The maximum Gasteiger partial charge on any atom is 0.412 e. The molecule has 0 aliphatic heterocycles. The number of aryl methyl sites for hydroxylation is 1. The summed E-state index contributed by atoms with van der Waals surface area (Å²) in [4.78, 5) is 35.4. The van der Waals surface area contributed by atoms with Gasteiger partial charge >= 0.3 is 11.8 Å². The molecule has 0 heterocycles. The number of nitrogens with one attached hydrogen (secondary N) is 2. The molecule has 3 aromatic carbocycles. The van der Waals surface area contributed by atoms with Gasteiger partial charge in [-0.15, -0.1) is 0 Å². The molecule has 0 atom stereocenters. The standard InChI is InChI=1S/C25H25N3O6/c1-16-5-8-18(9-6-16)26-23(29)17-7-14-22(21(15-17)28(31)32)33-20-12-10-19(11-13-20)27-24(30)34-25(2,3)4/h5-15H,1-4H3,(H,26,29)(H,27,30). The first-order valence-corrected chi connectivity index (χ1v) is 10.4. The molecular weight excluding hydrogens is 438 g/mol. The molecule has 0 aliphatic rings. The van der Waals surface area contributed by atoms with Crippen LogP contribution < -0.4 is 15.4 Å². The van der Waals surface area contributed by atoms with E-state index in [0.717, 1.165) is 11.6 Å². The van der Waals surface area contributed by atoms with Crippen LogP contribution in [-0.2, 0) is 4.74 Å². The molecule has 2 N–H and O–H groups in total. The topological polar surface area (TPSA) is 120 Å². The second-order valence-corrected chi connectivity index (χ2v) is 8.51. The van der Waals surface area contributed by atoms with Crippen molar-refractivity contribution in [1.29, 1.82) is 0 Å². The Kier molecular flexibility index (Phi) is 7.15. The van der Waals surface area contributed by atoms with Crippen LogP contribution in [0.3, 0.4) is 0 Å². The number of carbonyl (C=O) groups is 2. The average molecular weight is 463 g/mol. The van der Waals surface area contributed by atoms with Crippen molar-refractivity contribution < 1.29 is 24.0 Å². The highest BCUT2D eigenvalue weighted by molar-refractivity contribution is 6.04. The molecule has 0 radical (unpaired) electrons. The molecule has 176 valence electrons. The number of amides is 2. The molecule has 0 bridgehead atoms. The summed E-state index contributed by atoms with van der Waals surface area (Å²) in [6, 6.07) is 17.4. The number of nitro benzene ring substituents is 1. The highest BCUT2D eigenvalue weighted by Crippen LogP contribution is 2.33. The van der Waals surface area contributed by atoms with E-state index < -0.39 is 22.5 Å². The third-order valence-electron chi connectivity index (χ3n) is 4.45. The molecule has 0 aromatic heterocycles. The van der Waals surface area contributed by atoms with Gasteiger partial charge in [0.05, 0.1) is 4.92 Å². The van der Waals surface area contributed by atoms with Crippen LogP contribution in [0, 0.1) is 17.0 Å². The van der Waals surface area contributed by atoms with Crippen LogP contribution in [0.25, 0.3) is 0 Å². The van der Waals surface area contributed by atoms with Crippen molar-refractivity contribution in [3.8, 4) is 11.5 Å². The van der Waals surface area contributed by atoms with Crippen LogP contribution in [0.15, 0.2) is 66.7 Å². The lowest BCUT2D eigenvalue weighted by Crippen LogP contribution is -2.27. The quantitative estimate of drug-likeness (QED) is 0.327. The number of hydrogen-bond acceptors (Lipinski definition) is 6. The molecule has 0 aliphatic carbocycles. The molecule has 0 unspecified atom stereocenters. The van der Waals surface area contributed by atoms with Gasteiger partial charge in [0, 0.05) is 23.0 Å². The fourth-order valence-electron chi connectivity index (χ4n) is 2.88. The molecule has 9 heteroatoms. The van der Waals surface area contributed by atoms with E-state index in [2.05, 4.69) is 10.6 Å². The number of benzene rings is 3. The summed E-state index contributed by atoms with van der Waals surface area (Å²) in [7, 11) is 0. The fourth-order valence-corrected chi connectivity index (χ4v) is 2.88. The average Bonchev–Trinajstić information content (AvgIpc) is 2.75. The zero-order chi connectivity index (χ0) is 24.9. The third-order valence-corrected chi connectivity index (χ3v) is 4.45. The van der Waals surface area contributed by atoms with Gasteiger partial charge in [-0.25, -0.2) is 4.79 Å². The summed E-state index contributed by atoms with van der Waals surface area (Å²) < 4.78 is 10.9. The van der Waals surface area contributed by atoms with Crippen molar-refractivity contribution in [2.45, 2.75) is 33.3 Å². The number of carbonyl (C=O) groups excluding carboxylic acids is 2. The Morgan fingerprint density at radius 1 is 0.882 bits per heavy atom. The molecule has 0 fully saturated rings. The van der Waals surface area contributed by atoms with Crippen molar-refractivity contribution >= 4 is 29.1 Å². The largest absolute Gasteiger partial charge is 0.450 e. The molecule has 0 spiro atoms. The van der Waals surface area contributed by atoms with E-state index in [-0.39, 0.29) is 17.0 Å². The summed E-state index contributed by atoms with van der Waals surface area (Å²) in [5, 5.41) is 16.9. The maximum absolute atomic E-state index is 12.5. The van der Waals surface area contributed by atoms with Gasteiger partial charge in [0.2, 0.25) is 5.75 Å². The lowest BCUT2D eigenvalue weighted by Gasteiger charge is -2.19. The first-order valence-electron chi connectivity index (χ1n) is 10.4. The maximum atomic E-state index is 12.5. The van der Waals surface area contributed by atoms with E-state index in [4.69, 9.17) is 9.47 Å². The summed E-state index contributed by atoms with van der Waals surface area (Å²) in [6.07, 6.45) is -0.601. The predicted octanol–water partition coefficient (Wildman–Crippen LogP) is 6.29. The van der Waals surface area contributed by atoms with Crippen LogP contribution in [0.4, 0.5) is 21.9 Å². The van der Waals surface area contributed by atoms with E-state index in [1.165, 1.54) is 12.1 Å². The van der Waals surface area contributed by atoms with Gasteiger partial charge in [0.1, 0.15) is 11.4 Å². The minimum atomic E-state index is -0.630. The number of nitrogens with zero attached hydrogens (tertiary/aromatic N) is 1. The van der Waals surface area contributed by atoms with Crippen molar-refractivity contribution in [2.24, 2.45) is 0 Å². The Hall–Kier alpha value is -4.40. The Morgan fingerprint density at radius 2 is 1.47 bits per heavy atom. The number of nitro groups is 1. The van der Waals surface area contributed by atoms with Crippen molar-refractivity contribution in [3.05, 3.63) is 88.0 Å². The van der Waals surface area contributed by atoms with Crippen LogP contribution >= 0.6 is 0 Å². The molecule has 0 saturated carbocycles. The normalized spacial score (nSPS) is 10.8. The second kappa shape index (κ2) is 10.0. The van der Waals surface area contributed by atoms with Gasteiger partial charge < -0.3 is 14.8 Å². The van der Waals surface area contributed by atoms with E-state index in [1.807, 2.05) is 19.1 Å². The van der Waals surface area contributed by atoms with Gasteiger partial charge in [-0.1, -0.05) is 17.7 Å². The van der Waals surface area contributed by atoms with E-state index in [1.54, 1.807) is 57.2 Å². The number of ether oxygens (including phenoxy) is 2. The van der Waals surface area contributed by atoms with Crippen LogP contribution in [0.2, 0.25) is 0 Å². The first kappa shape index (κ1) is 24.2. The Bertz CT molecular complexity index is 1200. The van der Waals surface area contributed by atoms with Crippen molar-refractivity contribution in [3.63, 3.8) is 0 Å². The molecule has 0 saturated heterocycles. The molecular formula is C25H25N3O6. The third kappa shape index (κ3) is 6.80. The number of rotatable bonds is 6. The monoisotopic (exact) mass is 463 g/mol.